The highest BCUT2D eigenvalue weighted by Gasteiger charge is 2.15. The Labute approximate surface area is 256 Å². The predicted molar refractivity (Wildman–Crippen MR) is 164 cm³/mol. The Hall–Kier alpha value is -5.04. The first-order chi connectivity index (χ1) is 21.4. The molecule has 0 unspecified atom stereocenters. The predicted octanol–water partition coefficient (Wildman–Crippen LogP) is 5.39. The first-order valence-electron chi connectivity index (χ1n) is 14.4. The molecule has 0 fully saturated rings. The average molecular weight is 595 g/mol. The molecule has 0 bridgehead atoms. The summed E-state index contributed by atoms with van der Waals surface area (Å²) in [5.74, 6) is 1.63. The summed E-state index contributed by atoms with van der Waals surface area (Å²) < 4.78 is 23.9. The summed E-state index contributed by atoms with van der Waals surface area (Å²) in [6, 6.07) is 27.0. The number of nitrogens with zero attached hydrogens (tertiary/aromatic N) is 1. The van der Waals surface area contributed by atoms with Crippen LogP contribution in [-0.2, 0) is 24.6 Å². The molecule has 0 aliphatic carbocycles. The number of hydrogen-bond donors (Lipinski definition) is 3. The lowest BCUT2D eigenvalue weighted by Gasteiger charge is -2.20. The first kappa shape index (κ1) is 30.4. The fraction of sp³-hybridized carbons (Fsp3) is 0.257. The minimum Gasteiger partial charge on any atom is -0.489 e. The van der Waals surface area contributed by atoms with E-state index in [4.69, 9.17) is 24.1 Å². The molecule has 0 amide bonds. The number of rotatable bonds is 13. The molecule has 226 valence electrons. The smallest absolute Gasteiger partial charge is 0.306 e. The molecule has 1 aliphatic rings. The molecule has 9 nitrogen and oxygen atoms in total. The average Bonchev–Trinajstić information content (AvgIpc) is 3.03. The topological polar surface area (TPSA) is 130 Å². The third-order valence-electron chi connectivity index (χ3n) is 7.29. The number of aliphatic carboxylic acids is 1. The number of benzene rings is 4. The van der Waals surface area contributed by atoms with Gasteiger partial charge in [-0.25, -0.2) is 0 Å². The van der Waals surface area contributed by atoms with Crippen molar-refractivity contribution in [3.8, 4) is 40.2 Å². The standard InChI is InChI=1S/C35H34N2O7/c1-23-28(6-3-7-31(23)26-9-11-32-34(15-26)42-13-12-41-32)22-43-30-10-8-27(19-37-20-29(38)16-35(39)40)33(17-30)44-21-25-5-2-4-24(14-25)18-36/h2-11,14-15,17,29,37-38H,12-13,16,19-22H2,1H3,(H,39,40)/t29-/m0/s1. The zero-order chi connectivity index (χ0) is 30.9. The van der Waals surface area contributed by atoms with Crippen molar-refractivity contribution in [3.63, 3.8) is 0 Å². The molecular formula is C35H34N2O7. The number of nitriles is 1. The lowest BCUT2D eigenvalue weighted by Crippen LogP contribution is -2.28. The quantitative estimate of drug-likeness (QED) is 0.187. The van der Waals surface area contributed by atoms with Crippen molar-refractivity contribution >= 4 is 5.97 Å². The molecule has 3 N–H and O–H groups in total. The Morgan fingerprint density at radius 1 is 0.955 bits per heavy atom. The lowest BCUT2D eigenvalue weighted by atomic mass is 9.96. The Morgan fingerprint density at radius 3 is 2.59 bits per heavy atom. The zero-order valence-electron chi connectivity index (χ0n) is 24.4. The fourth-order valence-electron chi connectivity index (χ4n) is 4.97. The van der Waals surface area contributed by atoms with Gasteiger partial charge in [0.1, 0.15) is 37.9 Å². The fourth-order valence-corrected chi connectivity index (χ4v) is 4.97. The summed E-state index contributed by atoms with van der Waals surface area (Å²) in [5.41, 5.74) is 6.45. The second-order valence-corrected chi connectivity index (χ2v) is 10.5. The van der Waals surface area contributed by atoms with Crippen LogP contribution in [-0.4, -0.2) is 42.0 Å². The summed E-state index contributed by atoms with van der Waals surface area (Å²) in [4.78, 5) is 10.9. The molecule has 0 radical (unpaired) electrons. The number of ether oxygens (including phenoxy) is 4. The van der Waals surface area contributed by atoms with Gasteiger partial charge in [-0.05, 0) is 65.1 Å². The van der Waals surface area contributed by atoms with Gasteiger partial charge in [0.25, 0.3) is 0 Å². The minimum absolute atomic E-state index is 0.118. The van der Waals surface area contributed by atoms with Gasteiger partial charge in [-0.1, -0.05) is 42.5 Å². The second kappa shape index (κ2) is 14.4. The number of hydrogen-bond acceptors (Lipinski definition) is 8. The van der Waals surface area contributed by atoms with Crippen molar-refractivity contribution in [3.05, 3.63) is 107 Å². The maximum Gasteiger partial charge on any atom is 0.306 e. The number of aliphatic hydroxyl groups is 1. The number of fused-ring (bicyclic) bond motifs is 1. The summed E-state index contributed by atoms with van der Waals surface area (Å²) in [6.07, 6.45) is -1.34. The van der Waals surface area contributed by atoms with E-state index in [9.17, 15) is 15.2 Å². The van der Waals surface area contributed by atoms with Crippen LogP contribution in [0.15, 0.2) is 78.9 Å². The van der Waals surface area contributed by atoms with Crippen LogP contribution in [0.25, 0.3) is 11.1 Å². The molecule has 0 saturated carbocycles. The van der Waals surface area contributed by atoms with Crippen LogP contribution in [0.2, 0.25) is 0 Å². The van der Waals surface area contributed by atoms with Crippen LogP contribution in [0, 0.1) is 18.3 Å². The highest BCUT2D eigenvalue weighted by Crippen LogP contribution is 2.36. The lowest BCUT2D eigenvalue weighted by molar-refractivity contribution is -0.139. The van der Waals surface area contributed by atoms with Crippen LogP contribution in [0.4, 0.5) is 0 Å². The van der Waals surface area contributed by atoms with E-state index in [-0.39, 0.29) is 19.6 Å². The number of carboxylic acids is 1. The maximum absolute atomic E-state index is 10.9. The molecule has 4 aromatic carbocycles. The second-order valence-electron chi connectivity index (χ2n) is 10.5. The zero-order valence-corrected chi connectivity index (χ0v) is 24.4. The Bertz CT molecular complexity index is 1660. The van der Waals surface area contributed by atoms with Crippen molar-refractivity contribution in [2.75, 3.05) is 19.8 Å². The van der Waals surface area contributed by atoms with Crippen LogP contribution in [0.5, 0.6) is 23.0 Å². The molecule has 9 heteroatoms. The van der Waals surface area contributed by atoms with Crippen LogP contribution in [0.3, 0.4) is 0 Å². The molecule has 1 aliphatic heterocycles. The number of carboxylic acid groups (broad SMARTS) is 1. The molecule has 0 aromatic heterocycles. The molecule has 4 aromatic rings. The van der Waals surface area contributed by atoms with E-state index in [2.05, 4.69) is 24.4 Å². The van der Waals surface area contributed by atoms with Gasteiger partial charge < -0.3 is 34.5 Å². The van der Waals surface area contributed by atoms with Crippen LogP contribution in [0.1, 0.15) is 34.2 Å². The summed E-state index contributed by atoms with van der Waals surface area (Å²) in [6.45, 7) is 4.20. The first-order valence-corrected chi connectivity index (χ1v) is 14.4. The van der Waals surface area contributed by atoms with E-state index in [0.717, 1.165) is 44.9 Å². The van der Waals surface area contributed by atoms with Gasteiger partial charge >= 0.3 is 5.97 Å². The van der Waals surface area contributed by atoms with Gasteiger partial charge in [0.2, 0.25) is 0 Å². The van der Waals surface area contributed by atoms with E-state index < -0.39 is 12.1 Å². The monoisotopic (exact) mass is 594 g/mol. The number of aliphatic hydroxyl groups excluding tert-OH is 1. The molecule has 0 spiro atoms. The molecule has 5 rings (SSSR count). The Kier molecular flexibility index (Phi) is 9.97. The highest BCUT2D eigenvalue weighted by atomic mass is 16.6. The largest absolute Gasteiger partial charge is 0.489 e. The summed E-state index contributed by atoms with van der Waals surface area (Å²) in [5, 5.41) is 31.2. The van der Waals surface area contributed by atoms with Gasteiger partial charge in [-0.15, -0.1) is 0 Å². The van der Waals surface area contributed by atoms with E-state index in [1.807, 2.05) is 60.7 Å². The van der Waals surface area contributed by atoms with Crippen molar-refractivity contribution in [1.82, 2.24) is 5.32 Å². The SMILES string of the molecule is Cc1c(COc2ccc(CNC[C@@H](O)CC(=O)O)c(OCc3cccc(C#N)c3)c2)cccc1-c1ccc2c(c1)OCCO2. The third kappa shape index (κ3) is 7.86. The van der Waals surface area contributed by atoms with E-state index >= 15 is 0 Å². The maximum atomic E-state index is 10.9. The molecule has 0 saturated heterocycles. The summed E-state index contributed by atoms with van der Waals surface area (Å²) in [7, 11) is 0. The van der Waals surface area contributed by atoms with Crippen molar-refractivity contribution < 1.29 is 34.0 Å². The highest BCUT2D eigenvalue weighted by molar-refractivity contribution is 5.71. The van der Waals surface area contributed by atoms with Gasteiger partial charge in [-0.2, -0.15) is 5.26 Å². The molecule has 44 heavy (non-hydrogen) atoms. The van der Waals surface area contributed by atoms with Gasteiger partial charge in [0.05, 0.1) is 24.2 Å². The van der Waals surface area contributed by atoms with Crippen LogP contribution < -0.4 is 24.3 Å². The van der Waals surface area contributed by atoms with E-state index in [1.165, 1.54) is 0 Å². The number of nitrogens with one attached hydrogen (secondary N) is 1. The Balaban J connectivity index is 1.31. The Morgan fingerprint density at radius 2 is 1.77 bits per heavy atom. The molecule has 1 atom stereocenters. The molecule has 1 heterocycles. The van der Waals surface area contributed by atoms with Gasteiger partial charge in [0, 0.05) is 24.7 Å². The summed E-state index contributed by atoms with van der Waals surface area (Å²) >= 11 is 0. The third-order valence-corrected chi connectivity index (χ3v) is 7.29. The van der Waals surface area contributed by atoms with Crippen LogP contribution >= 0.6 is 0 Å². The normalized spacial score (nSPS) is 12.7. The van der Waals surface area contributed by atoms with Gasteiger partial charge in [-0.3, -0.25) is 4.79 Å². The molecular weight excluding hydrogens is 560 g/mol. The van der Waals surface area contributed by atoms with Gasteiger partial charge in [0.15, 0.2) is 11.5 Å². The van der Waals surface area contributed by atoms with Crippen molar-refractivity contribution in [2.45, 2.75) is 39.2 Å². The minimum atomic E-state index is -1.06. The number of carbonyl (C=O) groups is 1. The van der Waals surface area contributed by atoms with E-state index in [1.54, 1.807) is 12.1 Å². The van der Waals surface area contributed by atoms with Crippen molar-refractivity contribution in [1.29, 1.82) is 5.26 Å². The van der Waals surface area contributed by atoms with E-state index in [0.29, 0.717) is 43.4 Å². The van der Waals surface area contributed by atoms with Crippen molar-refractivity contribution in [2.24, 2.45) is 0 Å².